The Morgan fingerprint density at radius 2 is 1.89 bits per heavy atom. The Balaban J connectivity index is 1.33. The molecule has 1 atom stereocenters. The highest BCUT2D eigenvalue weighted by Crippen LogP contribution is 2.49. The molecule has 0 radical (unpaired) electrons. The summed E-state index contributed by atoms with van der Waals surface area (Å²) in [7, 11) is 0. The van der Waals surface area contributed by atoms with Gasteiger partial charge in [0, 0.05) is 43.1 Å². The van der Waals surface area contributed by atoms with Crippen LogP contribution >= 0.6 is 0 Å². The second kappa shape index (κ2) is 10.8. The monoisotopic (exact) mass is 480 g/mol. The van der Waals surface area contributed by atoms with Gasteiger partial charge in [-0.3, -0.25) is 0 Å². The Morgan fingerprint density at radius 3 is 2.60 bits per heavy atom. The van der Waals surface area contributed by atoms with Crippen molar-refractivity contribution in [3.8, 4) is 0 Å². The maximum absolute atomic E-state index is 12.5. The van der Waals surface area contributed by atoms with E-state index in [4.69, 9.17) is 9.72 Å². The Kier molecular flexibility index (Phi) is 7.34. The van der Waals surface area contributed by atoms with Gasteiger partial charge in [-0.05, 0) is 49.8 Å². The highest BCUT2D eigenvalue weighted by molar-refractivity contribution is 5.89. The largest absolute Gasteiger partial charge is 0.393 e. The molecule has 188 valence electrons. The van der Waals surface area contributed by atoms with E-state index in [-0.39, 0.29) is 18.2 Å². The van der Waals surface area contributed by atoms with Crippen LogP contribution in [0.5, 0.6) is 0 Å². The van der Waals surface area contributed by atoms with Gasteiger partial charge in [0.1, 0.15) is 5.82 Å². The summed E-state index contributed by atoms with van der Waals surface area (Å²) in [6, 6.07) is 8.44. The first kappa shape index (κ1) is 23.8. The van der Waals surface area contributed by atoms with Gasteiger partial charge in [0.2, 0.25) is 5.95 Å². The standard InChI is InChI=1S/C26H36N6O3/c1-2-3-12-27-25-28-17-22-23(32(24(22)30-25)20-8-10-21(33)11-9-20)18-4-6-19(7-5-18)29-26(34)31-13-15-35-16-14-31/h4-7,17,20-21,23,33H,2-3,8-16H2,1H3,(H,29,34)(H,27,28,30). The Morgan fingerprint density at radius 1 is 1.14 bits per heavy atom. The molecule has 2 amide bonds. The van der Waals surface area contributed by atoms with Crippen LogP contribution in [0.2, 0.25) is 0 Å². The van der Waals surface area contributed by atoms with Gasteiger partial charge in [-0.25, -0.2) is 9.78 Å². The highest BCUT2D eigenvalue weighted by Gasteiger charge is 2.43. The molecule has 0 spiro atoms. The van der Waals surface area contributed by atoms with E-state index in [0.29, 0.717) is 38.3 Å². The second-order valence-corrected chi connectivity index (χ2v) is 9.68. The molecule has 9 heteroatoms. The van der Waals surface area contributed by atoms with Crippen LogP contribution in [-0.2, 0) is 4.74 Å². The van der Waals surface area contributed by atoms with Crippen LogP contribution in [-0.4, -0.2) is 71.0 Å². The predicted octanol–water partition coefficient (Wildman–Crippen LogP) is 3.77. The van der Waals surface area contributed by atoms with Crippen molar-refractivity contribution in [1.29, 1.82) is 0 Å². The first-order valence-corrected chi connectivity index (χ1v) is 12.9. The first-order valence-electron chi connectivity index (χ1n) is 12.9. The maximum atomic E-state index is 12.5. The summed E-state index contributed by atoms with van der Waals surface area (Å²) in [5.74, 6) is 1.67. The van der Waals surface area contributed by atoms with Crippen LogP contribution in [0.25, 0.3) is 0 Å². The molecule has 1 aliphatic carbocycles. The fraction of sp³-hybridized carbons (Fsp3) is 0.577. The van der Waals surface area contributed by atoms with Crippen molar-refractivity contribution in [3.63, 3.8) is 0 Å². The fourth-order valence-electron chi connectivity index (χ4n) is 5.23. The molecule has 1 unspecified atom stereocenters. The number of aromatic nitrogens is 2. The summed E-state index contributed by atoms with van der Waals surface area (Å²) in [5, 5.41) is 16.4. The van der Waals surface area contributed by atoms with Gasteiger partial charge in [0.05, 0.1) is 25.4 Å². The third kappa shape index (κ3) is 5.21. The molecule has 0 bridgehead atoms. The molecule has 1 aromatic heterocycles. The van der Waals surface area contributed by atoms with Crippen LogP contribution in [0, 0.1) is 0 Å². The van der Waals surface area contributed by atoms with E-state index in [1.807, 2.05) is 18.3 Å². The van der Waals surface area contributed by atoms with Gasteiger partial charge in [-0.15, -0.1) is 0 Å². The summed E-state index contributed by atoms with van der Waals surface area (Å²) in [6.45, 7) is 5.43. The molecule has 35 heavy (non-hydrogen) atoms. The smallest absolute Gasteiger partial charge is 0.321 e. The van der Waals surface area contributed by atoms with Gasteiger partial charge >= 0.3 is 6.03 Å². The number of aliphatic hydroxyl groups excluding tert-OH is 1. The number of anilines is 3. The van der Waals surface area contributed by atoms with E-state index < -0.39 is 0 Å². The topological polar surface area (TPSA) is 103 Å². The number of unbranched alkanes of at least 4 members (excludes halogenated alkanes) is 1. The van der Waals surface area contributed by atoms with Gasteiger partial charge in [-0.1, -0.05) is 25.5 Å². The number of carbonyl (C=O) groups excluding carboxylic acids is 1. The molecule has 2 fully saturated rings. The van der Waals surface area contributed by atoms with Crippen LogP contribution in [0.15, 0.2) is 30.5 Å². The zero-order valence-electron chi connectivity index (χ0n) is 20.4. The molecule has 3 aliphatic rings. The number of morpholine rings is 1. The third-order valence-electron chi connectivity index (χ3n) is 7.26. The molecule has 1 aromatic carbocycles. The molecule has 2 aromatic rings. The number of hydrogen-bond acceptors (Lipinski definition) is 7. The van der Waals surface area contributed by atoms with E-state index in [1.165, 1.54) is 0 Å². The minimum absolute atomic E-state index is 0.0823. The maximum Gasteiger partial charge on any atom is 0.321 e. The van der Waals surface area contributed by atoms with Crippen molar-refractivity contribution in [2.75, 3.05) is 48.4 Å². The fourth-order valence-corrected chi connectivity index (χ4v) is 5.23. The van der Waals surface area contributed by atoms with Crippen LogP contribution in [0.1, 0.15) is 62.6 Å². The predicted molar refractivity (Wildman–Crippen MR) is 136 cm³/mol. The van der Waals surface area contributed by atoms with E-state index in [9.17, 15) is 9.90 Å². The van der Waals surface area contributed by atoms with E-state index in [2.05, 4.69) is 39.6 Å². The van der Waals surface area contributed by atoms with Crippen LogP contribution in [0.3, 0.4) is 0 Å². The van der Waals surface area contributed by atoms with Gasteiger partial charge < -0.3 is 30.3 Å². The molecule has 3 N–H and O–H groups in total. The SMILES string of the molecule is CCCCNc1ncc2c(n1)N(C1CCC(O)CC1)C2c1ccc(NC(=O)N2CCOCC2)cc1. The van der Waals surface area contributed by atoms with Gasteiger partial charge in [0.25, 0.3) is 0 Å². The molecule has 5 rings (SSSR count). The lowest BCUT2D eigenvalue weighted by atomic mass is 9.84. The number of carbonyl (C=O) groups is 1. The summed E-state index contributed by atoms with van der Waals surface area (Å²) in [5.41, 5.74) is 3.06. The number of benzene rings is 1. The minimum atomic E-state index is -0.198. The van der Waals surface area contributed by atoms with Crippen molar-refractivity contribution in [3.05, 3.63) is 41.6 Å². The summed E-state index contributed by atoms with van der Waals surface area (Å²) in [4.78, 5) is 26.2. The van der Waals surface area contributed by atoms with Gasteiger partial charge in [0.15, 0.2) is 0 Å². The minimum Gasteiger partial charge on any atom is -0.393 e. The van der Waals surface area contributed by atoms with Crippen molar-refractivity contribution in [2.45, 2.75) is 63.6 Å². The number of nitrogens with one attached hydrogen (secondary N) is 2. The summed E-state index contributed by atoms with van der Waals surface area (Å²) < 4.78 is 5.33. The average molecular weight is 481 g/mol. The average Bonchev–Trinajstić information content (AvgIpc) is 2.88. The molecule has 1 saturated heterocycles. The highest BCUT2D eigenvalue weighted by atomic mass is 16.5. The lowest BCUT2D eigenvalue weighted by Gasteiger charge is -2.49. The quantitative estimate of drug-likeness (QED) is 0.519. The molecule has 2 aliphatic heterocycles. The third-order valence-corrected chi connectivity index (χ3v) is 7.26. The van der Waals surface area contributed by atoms with Crippen molar-refractivity contribution in [2.24, 2.45) is 0 Å². The summed E-state index contributed by atoms with van der Waals surface area (Å²) in [6.07, 6.45) is 7.51. The lowest BCUT2D eigenvalue weighted by Crippen LogP contribution is -2.49. The van der Waals surface area contributed by atoms with E-state index in [0.717, 1.165) is 67.7 Å². The number of rotatable bonds is 7. The first-order chi connectivity index (χ1) is 17.1. The molecular formula is C26H36N6O3. The number of urea groups is 1. The zero-order valence-corrected chi connectivity index (χ0v) is 20.4. The molecule has 3 heterocycles. The Hall–Kier alpha value is -2.91. The zero-order chi connectivity index (χ0) is 24.2. The number of fused-ring (bicyclic) bond motifs is 1. The van der Waals surface area contributed by atoms with Crippen LogP contribution < -0.4 is 15.5 Å². The number of ether oxygens (including phenoxy) is 1. The van der Waals surface area contributed by atoms with Crippen molar-refractivity contribution in [1.82, 2.24) is 14.9 Å². The summed E-state index contributed by atoms with van der Waals surface area (Å²) >= 11 is 0. The lowest BCUT2D eigenvalue weighted by molar-refractivity contribution is 0.0564. The van der Waals surface area contributed by atoms with Gasteiger partial charge in [-0.2, -0.15) is 4.98 Å². The van der Waals surface area contributed by atoms with E-state index >= 15 is 0 Å². The number of aliphatic hydroxyl groups is 1. The molecule has 1 saturated carbocycles. The normalized spacial score (nSPS) is 23.9. The van der Waals surface area contributed by atoms with Crippen molar-refractivity contribution < 1.29 is 14.6 Å². The second-order valence-electron chi connectivity index (χ2n) is 9.68. The van der Waals surface area contributed by atoms with Crippen LogP contribution in [0.4, 0.5) is 22.2 Å². The Bertz CT molecular complexity index is 1000. The molecule has 9 nitrogen and oxygen atoms in total. The van der Waals surface area contributed by atoms with E-state index in [1.54, 1.807) is 4.90 Å². The number of nitrogens with zero attached hydrogens (tertiary/aromatic N) is 4. The van der Waals surface area contributed by atoms with Crippen molar-refractivity contribution >= 4 is 23.5 Å². The number of hydrogen-bond donors (Lipinski definition) is 3. The number of amides is 2. The molecular weight excluding hydrogens is 444 g/mol. The Labute approximate surface area is 206 Å².